The second-order valence-corrected chi connectivity index (χ2v) is 5.96. The van der Waals surface area contributed by atoms with E-state index in [0.29, 0.717) is 5.41 Å². The van der Waals surface area contributed by atoms with E-state index < -0.39 is 0 Å². The van der Waals surface area contributed by atoms with Gasteiger partial charge in [-0.1, -0.05) is 66.4 Å². The molecule has 0 heterocycles. The maximum absolute atomic E-state index is 4.01. The molecule has 0 saturated carbocycles. The summed E-state index contributed by atoms with van der Waals surface area (Å²) < 4.78 is 0. The quantitative estimate of drug-likeness (QED) is 0.484. The lowest BCUT2D eigenvalue weighted by atomic mass is 9.84. The van der Waals surface area contributed by atoms with E-state index in [1.165, 1.54) is 50.6 Å². The second kappa shape index (κ2) is 9.56. The van der Waals surface area contributed by atoms with E-state index in [-0.39, 0.29) is 0 Å². The fourth-order valence-electron chi connectivity index (χ4n) is 1.91. The summed E-state index contributed by atoms with van der Waals surface area (Å²) in [7, 11) is 0. The van der Waals surface area contributed by atoms with Crippen LogP contribution in [0.5, 0.6) is 0 Å². The van der Waals surface area contributed by atoms with Gasteiger partial charge in [0.05, 0.1) is 0 Å². The first-order chi connectivity index (χ1) is 8.02. The van der Waals surface area contributed by atoms with Gasteiger partial charge in [-0.2, -0.15) is 0 Å². The molecule has 0 spiro atoms. The third-order valence-corrected chi connectivity index (χ3v) is 3.66. The summed E-state index contributed by atoms with van der Waals surface area (Å²) in [6, 6.07) is 0. The lowest BCUT2D eigenvalue weighted by Crippen LogP contribution is -2.13. The van der Waals surface area contributed by atoms with Crippen molar-refractivity contribution in [1.29, 1.82) is 0 Å². The Hall–Kier alpha value is -0.460. The Kier molecular flexibility index (Phi) is 9.30. The molecule has 0 aromatic carbocycles. The fraction of sp³-hybridized carbons (Fsp3) is 0.875. The van der Waals surface area contributed by atoms with Gasteiger partial charge >= 0.3 is 0 Å². The van der Waals surface area contributed by atoms with E-state index in [0.717, 1.165) is 13.0 Å². The molecule has 0 aliphatic carbocycles. The Labute approximate surface area is 109 Å². The Morgan fingerprint density at radius 1 is 1.06 bits per heavy atom. The molecule has 0 amide bonds. The lowest BCUT2D eigenvalue weighted by molar-refractivity contribution is 0.307. The van der Waals surface area contributed by atoms with Crippen LogP contribution in [0.15, 0.2) is 12.3 Å². The average Bonchev–Trinajstić information content (AvgIpc) is 2.28. The summed E-state index contributed by atoms with van der Waals surface area (Å²) in [6.07, 6.45) is 10.4. The monoisotopic (exact) mass is 239 g/mol. The predicted octanol–water partition coefficient (Wildman–Crippen LogP) is 5.28. The molecule has 0 atom stereocenters. The van der Waals surface area contributed by atoms with Crippen molar-refractivity contribution in [2.45, 2.75) is 79.1 Å². The molecule has 0 aliphatic heterocycles. The number of unbranched alkanes of at least 4 members (excludes halogenated alkanes) is 3. The SMILES string of the molecule is C=C(CCC)NCCCCCCC(C)(C)CC. The van der Waals surface area contributed by atoms with Gasteiger partial charge in [-0.05, 0) is 24.7 Å². The largest absolute Gasteiger partial charge is 0.389 e. The number of nitrogens with one attached hydrogen (secondary N) is 1. The Balaban J connectivity index is 3.27. The van der Waals surface area contributed by atoms with Crippen LogP contribution in [-0.4, -0.2) is 6.54 Å². The van der Waals surface area contributed by atoms with E-state index in [4.69, 9.17) is 0 Å². The van der Waals surface area contributed by atoms with Crippen LogP contribution >= 0.6 is 0 Å². The van der Waals surface area contributed by atoms with Crippen LogP contribution in [-0.2, 0) is 0 Å². The zero-order chi connectivity index (χ0) is 13.1. The van der Waals surface area contributed by atoms with Gasteiger partial charge in [-0.3, -0.25) is 0 Å². The highest BCUT2D eigenvalue weighted by Crippen LogP contribution is 2.27. The molecule has 0 unspecified atom stereocenters. The molecule has 1 N–H and O–H groups in total. The summed E-state index contributed by atoms with van der Waals surface area (Å²) in [5, 5.41) is 3.41. The van der Waals surface area contributed by atoms with Crippen LogP contribution in [0.3, 0.4) is 0 Å². The van der Waals surface area contributed by atoms with E-state index in [1.54, 1.807) is 0 Å². The molecule has 0 bridgehead atoms. The molecule has 0 aliphatic rings. The van der Waals surface area contributed by atoms with Gasteiger partial charge in [0.15, 0.2) is 0 Å². The van der Waals surface area contributed by atoms with Crippen molar-refractivity contribution in [2.75, 3.05) is 6.54 Å². The van der Waals surface area contributed by atoms with Crippen molar-refractivity contribution in [3.05, 3.63) is 12.3 Å². The van der Waals surface area contributed by atoms with Crippen molar-refractivity contribution in [3.8, 4) is 0 Å². The molecule has 1 nitrogen and oxygen atoms in total. The van der Waals surface area contributed by atoms with Gasteiger partial charge in [-0.25, -0.2) is 0 Å². The molecule has 0 radical (unpaired) electrons. The zero-order valence-electron chi connectivity index (χ0n) is 12.6. The molecule has 17 heavy (non-hydrogen) atoms. The standard InChI is InChI=1S/C16H33N/c1-6-12-15(3)17-14-11-9-8-10-13-16(4,5)7-2/h17H,3,6-14H2,1-2,4-5H3. The molecule has 102 valence electrons. The van der Waals surface area contributed by atoms with Gasteiger partial charge in [0, 0.05) is 12.2 Å². The van der Waals surface area contributed by atoms with Crippen molar-refractivity contribution in [1.82, 2.24) is 5.32 Å². The summed E-state index contributed by atoms with van der Waals surface area (Å²) >= 11 is 0. The van der Waals surface area contributed by atoms with E-state index >= 15 is 0 Å². The maximum Gasteiger partial charge on any atom is 0.0143 e. The van der Waals surface area contributed by atoms with Crippen molar-refractivity contribution in [3.63, 3.8) is 0 Å². The van der Waals surface area contributed by atoms with Gasteiger partial charge in [0.1, 0.15) is 0 Å². The first-order valence-corrected chi connectivity index (χ1v) is 7.43. The van der Waals surface area contributed by atoms with Crippen LogP contribution in [0.4, 0.5) is 0 Å². The fourth-order valence-corrected chi connectivity index (χ4v) is 1.91. The van der Waals surface area contributed by atoms with Crippen LogP contribution in [0, 0.1) is 5.41 Å². The number of hydrogen-bond donors (Lipinski definition) is 1. The smallest absolute Gasteiger partial charge is 0.0143 e. The number of hydrogen-bond acceptors (Lipinski definition) is 1. The molecule has 0 aromatic heterocycles. The Bertz CT molecular complexity index is 194. The summed E-state index contributed by atoms with van der Waals surface area (Å²) in [6.45, 7) is 14.4. The third-order valence-electron chi connectivity index (χ3n) is 3.66. The molecular formula is C16H33N. The third kappa shape index (κ3) is 10.4. The molecule has 0 saturated heterocycles. The highest BCUT2D eigenvalue weighted by atomic mass is 14.9. The van der Waals surface area contributed by atoms with E-state index in [2.05, 4.69) is 39.6 Å². The summed E-state index contributed by atoms with van der Waals surface area (Å²) in [5.41, 5.74) is 1.76. The molecule has 1 heteroatoms. The molecule has 0 fully saturated rings. The van der Waals surface area contributed by atoms with Crippen LogP contribution in [0.2, 0.25) is 0 Å². The van der Waals surface area contributed by atoms with Crippen molar-refractivity contribution >= 4 is 0 Å². The Morgan fingerprint density at radius 2 is 1.71 bits per heavy atom. The minimum Gasteiger partial charge on any atom is -0.389 e. The van der Waals surface area contributed by atoms with Gasteiger partial charge < -0.3 is 5.32 Å². The normalized spacial score (nSPS) is 11.5. The Morgan fingerprint density at radius 3 is 2.29 bits per heavy atom. The first kappa shape index (κ1) is 16.5. The molecule has 0 aromatic rings. The number of rotatable bonds is 11. The summed E-state index contributed by atoms with van der Waals surface area (Å²) in [4.78, 5) is 0. The highest BCUT2D eigenvalue weighted by molar-refractivity contribution is 4.89. The highest BCUT2D eigenvalue weighted by Gasteiger charge is 2.13. The molecule has 0 rings (SSSR count). The predicted molar refractivity (Wildman–Crippen MR) is 79.2 cm³/mol. The topological polar surface area (TPSA) is 12.0 Å². The minimum atomic E-state index is 0.549. The lowest BCUT2D eigenvalue weighted by Gasteiger charge is -2.22. The second-order valence-electron chi connectivity index (χ2n) is 5.96. The zero-order valence-corrected chi connectivity index (χ0v) is 12.6. The van der Waals surface area contributed by atoms with Gasteiger partial charge in [-0.15, -0.1) is 0 Å². The average molecular weight is 239 g/mol. The maximum atomic E-state index is 4.01. The number of allylic oxidation sites excluding steroid dienone is 1. The van der Waals surface area contributed by atoms with Crippen molar-refractivity contribution in [2.24, 2.45) is 5.41 Å². The van der Waals surface area contributed by atoms with E-state index in [9.17, 15) is 0 Å². The van der Waals surface area contributed by atoms with E-state index in [1.807, 2.05) is 0 Å². The molecular weight excluding hydrogens is 206 g/mol. The van der Waals surface area contributed by atoms with Crippen LogP contribution in [0.1, 0.15) is 79.1 Å². The minimum absolute atomic E-state index is 0.549. The first-order valence-electron chi connectivity index (χ1n) is 7.43. The van der Waals surface area contributed by atoms with Crippen LogP contribution < -0.4 is 5.32 Å². The van der Waals surface area contributed by atoms with Gasteiger partial charge in [0.2, 0.25) is 0 Å². The van der Waals surface area contributed by atoms with Crippen molar-refractivity contribution < 1.29 is 0 Å². The van der Waals surface area contributed by atoms with Crippen LogP contribution in [0.25, 0.3) is 0 Å². The van der Waals surface area contributed by atoms with Gasteiger partial charge in [0.25, 0.3) is 0 Å². The summed E-state index contributed by atoms with van der Waals surface area (Å²) in [5.74, 6) is 0.